The van der Waals surface area contributed by atoms with Crippen molar-refractivity contribution in [3.05, 3.63) is 89.0 Å². The smallest absolute Gasteiger partial charge is 0.161 e. The van der Waals surface area contributed by atoms with Crippen molar-refractivity contribution >= 4 is 0 Å². The van der Waals surface area contributed by atoms with E-state index in [1.54, 1.807) is 14.2 Å². The predicted molar refractivity (Wildman–Crippen MR) is 143 cm³/mol. The lowest BCUT2D eigenvalue weighted by Crippen LogP contribution is -2.20. The molecule has 0 saturated carbocycles. The minimum atomic E-state index is 0.612. The van der Waals surface area contributed by atoms with Crippen LogP contribution in [0.1, 0.15) is 47.9 Å². The number of aryl methyl sites for hydroxylation is 2. The maximum atomic E-state index is 5.88. The predicted octanol–water partition coefficient (Wildman–Crippen LogP) is 6.39. The zero-order chi connectivity index (χ0) is 24.3. The highest BCUT2D eigenvalue weighted by Crippen LogP contribution is 2.36. The van der Waals surface area contributed by atoms with Gasteiger partial charge in [0.1, 0.15) is 12.4 Å². The molecule has 1 atom stereocenters. The number of ether oxygens (including phenoxy) is 3. The van der Waals surface area contributed by atoms with Crippen LogP contribution in [-0.2, 0) is 25.9 Å². The maximum Gasteiger partial charge on any atom is 0.161 e. The van der Waals surface area contributed by atoms with Gasteiger partial charge in [-0.05, 0) is 110 Å². The molecule has 1 N–H and O–H groups in total. The molecule has 0 spiro atoms. The minimum absolute atomic E-state index is 0.612. The van der Waals surface area contributed by atoms with Gasteiger partial charge in [0.25, 0.3) is 0 Å². The molecule has 1 aliphatic carbocycles. The largest absolute Gasteiger partial charge is 0.493 e. The normalized spacial score (nSPS) is 14.9. The van der Waals surface area contributed by atoms with Crippen LogP contribution < -0.4 is 19.5 Å². The van der Waals surface area contributed by atoms with Crippen molar-refractivity contribution in [1.29, 1.82) is 0 Å². The van der Waals surface area contributed by atoms with Gasteiger partial charge in [0, 0.05) is 0 Å². The lowest BCUT2D eigenvalue weighted by Gasteiger charge is -2.26. The molecule has 186 valence electrons. The number of benzene rings is 3. The molecule has 3 aromatic carbocycles. The highest BCUT2D eigenvalue weighted by atomic mass is 16.5. The van der Waals surface area contributed by atoms with Crippen molar-refractivity contribution in [2.24, 2.45) is 5.92 Å². The Labute approximate surface area is 210 Å². The van der Waals surface area contributed by atoms with Gasteiger partial charge in [0.05, 0.1) is 14.2 Å². The fourth-order valence-corrected chi connectivity index (χ4v) is 4.96. The van der Waals surface area contributed by atoms with Gasteiger partial charge < -0.3 is 19.5 Å². The Balaban J connectivity index is 1.08. The van der Waals surface area contributed by atoms with Gasteiger partial charge in [-0.1, -0.05) is 42.5 Å². The number of hydrogen-bond donors (Lipinski definition) is 1. The first-order valence-corrected chi connectivity index (χ1v) is 13.0. The summed E-state index contributed by atoms with van der Waals surface area (Å²) in [5, 5.41) is 3.64. The summed E-state index contributed by atoms with van der Waals surface area (Å²) in [5.74, 6) is 3.40. The average Bonchev–Trinajstić information content (AvgIpc) is 2.91. The van der Waals surface area contributed by atoms with Crippen LogP contribution in [0, 0.1) is 5.92 Å². The van der Waals surface area contributed by atoms with Crippen molar-refractivity contribution in [1.82, 2.24) is 5.32 Å². The van der Waals surface area contributed by atoms with Gasteiger partial charge in [-0.2, -0.15) is 0 Å². The summed E-state index contributed by atoms with van der Waals surface area (Å²) < 4.78 is 16.8. The maximum absolute atomic E-state index is 5.88. The Morgan fingerprint density at radius 3 is 2.26 bits per heavy atom. The molecule has 4 nitrogen and oxygen atoms in total. The molecule has 0 heterocycles. The first-order valence-electron chi connectivity index (χ1n) is 13.0. The monoisotopic (exact) mass is 473 g/mol. The Kier molecular flexibility index (Phi) is 9.47. The molecule has 3 aromatic rings. The van der Waals surface area contributed by atoms with Gasteiger partial charge in [0.2, 0.25) is 0 Å². The third-order valence-electron chi connectivity index (χ3n) is 6.99. The van der Waals surface area contributed by atoms with E-state index in [2.05, 4.69) is 53.8 Å². The number of nitrogens with one attached hydrogen (secondary N) is 1. The van der Waals surface area contributed by atoms with Crippen LogP contribution in [-0.4, -0.2) is 27.3 Å². The van der Waals surface area contributed by atoms with Crippen molar-refractivity contribution < 1.29 is 14.2 Å². The third-order valence-corrected chi connectivity index (χ3v) is 6.99. The molecule has 4 rings (SSSR count). The summed E-state index contributed by atoms with van der Waals surface area (Å²) in [5.41, 5.74) is 5.42. The molecular formula is C31H39NO3. The molecule has 1 aliphatic rings. The van der Waals surface area contributed by atoms with E-state index in [1.165, 1.54) is 41.5 Å². The molecule has 0 bridgehead atoms. The number of hydrogen-bond acceptors (Lipinski definition) is 4. The van der Waals surface area contributed by atoms with Gasteiger partial charge in [0.15, 0.2) is 11.5 Å². The second-order valence-corrected chi connectivity index (χ2v) is 9.50. The van der Waals surface area contributed by atoms with Crippen LogP contribution in [0.2, 0.25) is 0 Å². The molecular weight excluding hydrogens is 434 g/mol. The van der Waals surface area contributed by atoms with E-state index in [0.29, 0.717) is 6.61 Å². The first-order chi connectivity index (χ1) is 17.2. The fraction of sp³-hybridized carbons (Fsp3) is 0.419. The minimum Gasteiger partial charge on any atom is -0.493 e. The van der Waals surface area contributed by atoms with Gasteiger partial charge in [-0.15, -0.1) is 0 Å². The zero-order valence-electron chi connectivity index (χ0n) is 21.2. The van der Waals surface area contributed by atoms with Crippen LogP contribution in [0.15, 0.2) is 66.7 Å². The van der Waals surface area contributed by atoms with Crippen LogP contribution in [0.3, 0.4) is 0 Å². The summed E-state index contributed by atoms with van der Waals surface area (Å²) in [7, 11) is 3.43. The quantitative estimate of drug-likeness (QED) is 0.292. The zero-order valence-corrected chi connectivity index (χ0v) is 21.2. The Bertz CT molecular complexity index is 1030. The molecule has 35 heavy (non-hydrogen) atoms. The van der Waals surface area contributed by atoms with E-state index in [4.69, 9.17) is 14.2 Å². The van der Waals surface area contributed by atoms with E-state index in [1.807, 2.05) is 18.2 Å². The van der Waals surface area contributed by atoms with Gasteiger partial charge in [-0.25, -0.2) is 0 Å². The molecule has 1 unspecified atom stereocenters. The summed E-state index contributed by atoms with van der Waals surface area (Å²) in [6.45, 7) is 2.78. The Hall–Kier alpha value is -2.98. The van der Waals surface area contributed by atoms with Crippen LogP contribution in [0.5, 0.6) is 17.2 Å². The summed E-state index contributed by atoms with van der Waals surface area (Å²) in [6.07, 6.45) is 8.34. The number of methoxy groups -OCH3 is 2. The Morgan fingerprint density at radius 1 is 0.800 bits per heavy atom. The lowest BCUT2D eigenvalue weighted by atomic mass is 9.81. The molecule has 0 aliphatic heterocycles. The van der Waals surface area contributed by atoms with Crippen molar-refractivity contribution in [3.63, 3.8) is 0 Å². The van der Waals surface area contributed by atoms with E-state index in [9.17, 15) is 0 Å². The number of fused-ring (bicyclic) bond motifs is 1. The van der Waals surface area contributed by atoms with Gasteiger partial charge >= 0.3 is 0 Å². The summed E-state index contributed by atoms with van der Waals surface area (Å²) in [6, 6.07) is 23.2. The SMILES string of the molecule is COc1cc2c(cc1OC)CC(CCCNCCCc1ccc(OCc3ccccc3)cc1)CC2. The Morgan fingerprint density at radius 2 is 1.51 bits per heavy atom. The van der Waals surface area contributed by atoms with Crippen LogP contribution >= 0.6 is 0 Å². The molecule has 0 fully saturated rings. The fourth-order valence-electron chi connectivity index (χ4n) is 4.96. The van der Waals surface area contributed by atoms with Gasteiger partial charge in [-0.3, -0.25) is 0 Å². The first kappa shape index (κ1) is 25.1. The molecule has 0 aromatic heterocycles. The van der Waals surface area contributed by atoms with E-state index < -0.39 is 0 Å². The number of rotatable bonds is 13. The standard InChI is InChI=1S/C31H39NO3/c1-33-30-21-27-15-12-25(20-28(27)22-31(30)34-2)11-7-19-32-18-6-10-24-13-16-29(17-14-24)35-23-26-8-4-3-5-9-26/h3-5,8-9,13-14,16-17,21-22,25,32H,6-7,10-12,15,18-20,23H2,1-2H3. The average molecular weight is 474 g/mol. The highest BCUT2D eigenvalue weighted by molar-refractivity contribution is 5.48. The molecule has 4 heteroatoms. The summed E-state index contributed by atoms with van der Waals surface area (Å²) in [4.78, 5) is 0. The van der Waals surface area contributed by atoms with Crippen LogP contribution in [0.4, 0.5) is 0 Å². The topological polar surface area (TPSA) is 39.7 Å². The second-order valence-electron chi connectivity index (χ2n) is 9.50. The molecule has 0 saturated heterocycles. The lowest BCUT2D eigenvalue weighted by molar-refractivity contribution is 0.306. The van der Waals surface area contributed by atoms with Crippen molar-refractivity contribution in [3.8, 4) is 17.2 Å². The van der Waals surface area contributed by atoms with E-state index in [-0.39, 0.29) is 0 Å². The molecule has 0 radical (unpaired) electrons. The second kappa shape index (κ2) is 13.2. The highest BCUT2D eigenvalue weighted by Gasteiger charge is 2.21. The summed E-state index contributed by atoms with van der Waals surface area (Å²) >= 11 is 0. The third kappa shape index (κ3) is 7.50. The van der Waals surface area contributed by atoms with E-state index in [0.717, 1.165) is 61.9 Å². The van der Waals surface area contributed by atoms with Crippen molar-refractivity contribution in [2.45, 2.75) is 51.6 Å². The van der Waals surface area contributed by atoms with Crippen molar-refractivity contribution in [2.75, 3.05) is 27.3 Å². The van der Waals surface area contributed by atoms with E-state index >= 15 is 0 Å². The molecule has 0 amide bonds. The van der Waals surface area contributed by atoms with Crippen LogP contribution in [0.25, 0.3) is 0 Å².